The molecular formula is C28H27Cl2NO5. The van der Waals surface area contributed by atoms with Crippen LogP contribution in [0.2, 0.25) is 10.0 Å². The number of halogens is 2. The SMILES string of the molecule is C[C@]1(Cc2ccccc2Cl)CCc2cc(C(=O)N(CCOc3ccc(Cl)cc3)CC(=O)O)ccc2O1. The summed E-state index contributed by atoms with van der Waals surface area (Å²) in [7, 11) is 0. The molecule has 0 aromatic heterocycles. The number of aryl methyl sites for hydroxylation is 1. The molecule has 1 aliphatic heterocycles. The van der Waals surface area contributed by atoms with Crippen LogP contribution in [-0.4, -0.2) is 47.2 Å². The lowest BCUT2D eigenvalue weighted by Crippen LogP contribution is -2.39. The van der Waals surface area contributed by atoms with Crippen LogP contribution >= 0.6 is 23.2 Å². The summed E-state index contributed by atoms with van der Waals surface area (Å²) in [6.07, 6.45) is 2.17. The maximum absolute atomic E-state index is 13.2. The van der Waals surface area contributed by atoms with Gasteiger partial charge in [-0.3, -0.25) is 9.59 Å². The van der Waals surface area contributed by atoms with Crippen LogP contribution in [0.25, 0.3) is 0 Å². The molecule has 0 fully saturated rings. The van der Waals surface area contributed by atoms with Crippen LogP contribution in [0.4, 0.5) is 0 Å². The van der Waals surface area contributed by atoms with Crippen LogP contribution in [0.15, 0.2) is 66.7 Å². The molecule has 1 aliphatic rings. The highest BCUT2D eigenvalue weighted by molar-refractivity contribution is 6.31. The van der Waals surface area contributed by atoms with Crippen molar-refractivity contribution in [2.45, 2.75) is 31.8 Å². The first-order valence-corrected chi connectivity index (χ1v) is 12.4. The van der Waals surface area contributed by atoms with Crippen molar-refractivity contribution < 1.29 is 24.2 Å². The standard InChI is InChI=1S/C28H27Cl2NO5/c1-28(17-21-4-2-3-5-24(21)30)13-12-19-16-20(6-11-25(19)36-28)27(34)31(18-26(32)33)14-15-35-23-9-7-22(29)8-10-23/h2-11,16H,12-15,17-18H2,1H3,(H,32,33)/t28-/m1/s1. The molecule has 0 bridgehead atoms. The van der Waals surface area contributed by atoms with Crippen molar-refractivity contribution >= 4 is 35.1 Å². The van der Waals surface area contributed by atoms with Gasteiger partial charge in [0.2, 0.25) is 0 Å². The van der Waals surface area contributed by atoms with Gasteiger partial charge in [0.05, 0.1) is 6.54 Å². The molecule has 1 N–H and O–H groups in total. The van der Waals surface area contributed by atoms with Crippen LogP contribution in [0.1, 0.15) is 34.8 Å². The van der Waals surface area contributed by atoms with Crippen LogP contribution in [0, 0.1) is 0 Å². The van der Waals surface area contributed by atoms with Gasteiger partial charge in [-0.15, -0.1) is 0 Å². The Morgan fingerprint density at radius 1 is 1.08 bits per heavy atom. The van der Waals surface area contributed by atoms with E-state index in [0.717, 1.165) is 29.7 Å². The Morgan fingerprint density at radius 2 is 1.83 bits per heavy atom. The number of carbonyl (C=O) groups is 2. The van der Waals surface area contributed by atoms with Crippen molar-refractivity contribution in [1.29, 1.82) is 0 Å². The first kappa shape index (κ1) is 25.9. The number of hydrogen-bond donors (Lipinski definition) is 1. The topological polar surface area (TPSA) is 76.1 Å². The van der Waals surface area contributed by atoms with Gasteiger partial charge in [-0.1, -0.05) is 41.4 Å². The Bertz CT molecular complexity index is 1250. The summed E-state index contributed by atoms with van der Waals surface area (Å²) in [5, 5.41) is 10.6. The van der Waals surface area contributed by atoms with Crippen LogP contribution in [0.5, 0.6) is 11.5 Å². The number of fused-ring (bicyclic) bond motifs is 1. The summed E-state index contributed by atoms with van der Waals surface area (Å²) in [6.45, 7) is 1.91. The molecule has 0 unspecified atom stereocenters. The van der Waals surface area contributed by atoms with Gasteiger partial charge in [0.25, 0.3) is 5.91 Å². The first-order valence-electron chi connectivity index (χ1n) is 11.7. The summed E-state index contributed by atoms with van der Waals surface area (Å²) in [6, 6.07) is 19.8. The van der Waals surface area contributed by atoms with Crippen molar-refractivity contribution in [2.24, 2.45) is 0 Å². The third-order valence-corrected chi connectivity index (χ3v) is 6.79. The van der Waals surface area contributed by atoms with E-state index >= 15 is 0 Å². The number of aliphatic carboxylic acids is 1. The summed E-state index contributed by atoms with van der Waals surface area (Å²) >= 11 is 12.2. The van der Waals surface area contributed by atoms with Crippen molar-refractivity contribution in [3.05, 3.63) is 93.5 Å². The molecule has 3 aromatic rings. The van der Waals surface area contributed by atoms with E-state index in [4.69, 9.17) is 32.7 Å². The van der Waals surface area contributed by atoms with E-state index < -0.39 is 18.1 Å². The molecule has 1 amide bonds. The van der Waals surface area contributed by atoms with Crippen molar-refractivity contribution in [3.8, 4) is 11.5 Å². The zero-order chi connectivity index (χ0) is 25.7. The number of amides is 1. The van der Waals surface area contributed by atoms with E-state index in [2.05, 4.69) is 6.92 Å². The maximum Gasteiger partial charge on any atom is 0.323 e. The zero-order valence-electron chi connectivity index (χ0n) is 19.9. The minimum absolute atomic E-state index is 0.122. The van der Waals surface area contributed by atoms with Crippen LogP contribution in [0.3, 0.4) is 0 Å². The van der Waals surface area contributed by atoms with Gasteiger partial charge < -0.3 is 19.5 Å². The normalized spacial score (nSPS) is 16.5. The second kappa shape index (κ2) is 11.2. The fourth-order valence-electron chi connectivity index (χ4n) is 4.29. The molecule has 188 valence electrons. The highest BCUT2D eigenvalue weighted by Gasteiger charge is 2.33. The second-order valence-electron chi connectivity index (χ2n) is 9.07. The summed E-state index contributed by atoms with van der Waals surface area (Å²) in [4.78, 5) is 25.9. The fraction of sp³-hybridized carbons (Fsp3) is 0.286. The van der Waals surface area contributed by atoms with E-state index in [0.29, 0.717) is 27.8 Å². The number of rotatable bonds is 9. The fourth-order valence-corrected chi connectivity index (χ4v) is 4.62. The van der Waals surface area contributed by atoms with E-state index in [9.17, 15) is 14.7 Å². The zero-order valence-corrected chi connectivity index (χ0v) is 21.4. The minimum Gasteiger partial charge on any atom is -0.492 e. The highest BCUT2D eigenvalue weighted by atomic mass is 35.5. The van der Waals surface area contributed by atoms with Gasteiger partial charge in [0.15, 0.2) is 0 Å². The monoisotopic (exact) mass is 527 g/mol. The number of carbonyl (C=O) groups excluding carboxylic acids is 1. The molecule has 36 heavy (non-hydrogen) atoms. The summed E-state index contributed by atoms with van der Waals surface area (Å²) in [5.41, 5.74) is 1.95. The van der Waals surface area contributed by atoms with Crippen molar-refractivity contribution in [2.75, 3.05) is 19.7 Å². The molecule has 1 atom stereocenters. The first-order chi connectivity index (χ1) is 17.2. The lowest BCUT2D eigenvalue weighted by molar-refractivity contribution is -0.137. The van der Waals surface area contributed by atoms with Gasteiger partial charge in [-0.05, 0) is 79.4 Å². The number of hydrogen-bond acceptors (Lipinski definition) is 4. The molecule has 0 saturated heterocycles. The summed E-state index contributed by atoms with van der Waals surface area (Å²) in [5.74, 6) is -0.146. The van der Waals surface area contributed by atoms with Gasteiger partial charge in [0, 0.05) is 22.0 Å². The van der Waals surface area contributed by atoms with Gasteiger partial charge >= 0.3 is 5.97 Å². The Kier molecular flexibility index (Phi) is 8.07. The molecule has 0 aliphatic carbocycles. The van der Waals surface area contributed by atoms with Crippen LogP contribution in [-0.2, 0) is 17.6 Å². The minimum atomic E-state index is -1.09. The van der Waals surface area contributed by atoms with Crippen molar-refractivity contribution in [3.63, 3.8) is 0 Å². The molecule has 0 saturated carbocycles. The van der Waals surface area contributed by atoms with Gasteiger partial charge in [-0.2, -0.15) is 0 Å². The third-order valence-electron chi connectivity index (χ3n) is 6.17. The molecule has 0 spiro atoms. The lowest BCUT2D eigenvalue weighted by Gasteiger charge is -2.36. The molecule has 1 heterocycles. The van der Waals surface area contributed by atoms with E-state index in [1.165, 1.54) is 4.90 Å². The van der Waals surface area contributed by atoms with E-state index in [-0.39, 0.29) is 19.1 Å². The highest BCUT2D eigenvalue weighted by Crippen LogP contribution is 2.37. The second-order valence-corrected chi connectivity index (χ2v) is 9.91. The predicted octanol–water partition coefficient (Wildman–Crippen LogP) is 5.93. The predicted molar refractivity (Wildman–Crippen MR) is 139 cm³/mol. The Balaban J connectivity index is 1.43. The molecule has 8 heteroatoms. The van der Waals surface area contributed by atoms with Crippen LogP contribution < -0.4 is 9.47 Å². The molecule has 3 aromatic carbocycles. The third kappa shape index (κ3) is 6.50. The largest absolute Gasteiger partial charge is 0.492 e. The smallest absolute Gasteiger partial charge is 0.323 e. The number of nitrogens with zero attached hydrogens (tertiary/aromatic N) is 1. The Morgan fingerprint density at radius 3 is 2.56 bits per heavy atom. The Labute approximate surface area is 220 Å². The molecule has 4 rings (SSSR count). The average Bonchev–Trinajstić information content (AvgIpc) is 2.85. The summed E-state index contributed by atoms with van der Waals surface area (Å²) < 4.78 is 12.0. The Hall–Kier alpha value is -3.22. The number of ether oxygens (including phenoxy) is 2. The molecule has 6 nitrogen and oxygen atoms in total. The average molecular weight is 528 g/mol. The molecule has 0 radical (unpaired) electrons. The van der Waals surface area contributed by atoms with Gasteiger partial charge in [-0.25, -0.2) is 0 Å². The number of carboxylic acids is 1. The number of benzene rings is 3. The molecular weight excluding hydrogens is 501 g/mol. The van der Waals surface area contributed by atoms with E-state index in [1.54, 1.807) is 42.5 Å². The lowest BCUT2D eigenvalue weighted by atomic mass is 9.86. The maximum atomic E-state index is 13.2. The van der Waals surface area contributed by atoms with E-state index in [1.807, 2.05) is 24.3 Å². The number of carboxylic acid groups (broad SMARTS) is 1. The quantitative estimate of drug-likeness (QED) is 0.373. The van der Waals surface area contributed by atoms with Crippen molar-refractivity contribution in [1.82, 2.24) is 4.90 Å². The van der Waals surface area contributed by atoms with Gasteiger partial charge in [0.1, 0.15) is 30.3 Å².